The minimum absolute atomic E-state index is 0.132. The number of phenolic OH excluding ortho intramolecular Hbond substituents is 1. The lowest BCUT2D eigenvalue weighted by molar-refractivity contribution is -0.134. The molecule has 1 aliphatic carbocycles. The van der Waals surface area contributed by atoms with Crippen molar-refractivity contribution in [1.29, 1.82) is 0 Å². The summed E-state index contributed by atoms with van der Waals surface area (Å²) in [6.45, 7) is 3.23. The number of aromatic nitrogens is 4. The van der Waals surface area contributed by atoms with Crippen molar-refractivity contribution in [3.8, 4) is 34.0 Å². The average Bonchev–Trinajstić information content (AvgIpc) is 3.15. The third-order valence-corrected chi connectivity index (χ3v) is 11.1. The predicted octanol–water partition coefficient (Wildman–Crippen LogP) is 4.80. The quantitative estimate of drug-likeness (QED) is 0.241. The van der Waals surface area contributed by atoms with E-state index in [2.05, 4.69) is 53.5 Å². The van der Waals surface area contributed by atoms with E-state index in [9.17, 15) is 14.7 Å². The summed E-state index contributed by atoms with van der Waals surface area (Å²) in [7, 11) is 0. The number of para-hydroxylation sites is 2. The molecule has 2 aromatic carbocycles. The minimum atomic E-state index is -0.341. The summed E-state index contributed by atoms with van der Waals surface area (Å²) >= 11 is 0. The Labute approximate surface area is 291 Å². The number of hydrogen-bond donors (Lipinski definition) is 3. The van der Waals surface area contributed by atoms with Gasteiger partial charge in [-0.1, -0.05) is 24.3 Å². The van der Waals surface area contributed by atoms with Crippen LogP contribution in [-0.2, 0) is 9.59 Å². The van der Waals surface area contributed by atoms with Gasteiger partial charge in [-0.3, -0.25) is 14.9 Å². The highest BCUT2D eigenvalue weighted by Gasteiger charge is 2.37. The summed E-state index contributed by atoms with van der Waals surface area (Å²) in [5.74, 6) is 1.68. The smallest absolute Gasteiger partial charge is 0.249 e. The van der Waals surface area contributed by atoms with E-state index in [-0.39, 0.29) is 29.4 Å². The van der Waals surface area contributed by atoms with E-state index in [0.717, 1.165) is 68.7 Å². The fourth-order valence-corrected chi connectivity index (χ4v) is 8.40. The second-order valence-electron chi connectivity index (χ2n) is 13.9. The number of hydrogen-bond acceptors (Lipinski definition) is 11. The third-order valence-electron chi connectivity index (χ3n) is 11.1. The molecule has 12 nitrogen and oxygen atoms in total. The van der Waals surface area contributed by atoms with E-state index in [0.29, 0.717) is 66.4 Å². The molecule has 2 amide bonds. The third kappa shape index (κ3) is 6.24. The Hall–Kier alpha value is -5.10. The highest BCUT2D eigenvalue weighted by molar-refractivity contribution is 6.02. The molecule has 1 saturated carbocycles. The monoisotopic (exact) mass is 674 g/mol. The molecule has 4 N–H and O–H groups in total. The summed E-state index contributed by atoms with van der Waals surface area (Å²) in [6, 6.07) is 17.4. The number of amides is 2. The number of rotatable bonds is 6. The molecule has 1 atom stereocenters. The van der Waals surface area contributed by atoms with Gasteiger partial charge in [0.2, 0.25) is 11.8 Å². The molecule has 4 aromatic rings. The van der Waals surface area contributed by atoms with E-state index >= 15 is 0 Å². The van der Waals surface area contributed by atoms with E-state index < -0.39 is 0 Å². The van der Waals surface area contributed by atoms with Gasteiger partial charge in [0.05, 0.1) is 23.6 Å². The summed E-state index contributed by atoms with van der Waals surface area (Å²) in [5, 5.41) is 21.2. The van der Waals surface area contributed by atoms with Crippen molar-refractivity contribution in [3.63, 3.8) is 0 Å². The number of nitrogens with zero attached hydrogens (tertiary/aromatic N) is 6. The second-order valence-corrected chi connectivity index (χ2v) is 13.9. The largest absolute Gasteiger partial charge is 0.507 e. The van der Waals surface area contributed by atoms with Crippen molar-refractivity contribution in [3.05, 3.63) is 72.2 Å². The molecule has 8 rings (SSSR count). The molecule has 0 radical (unpaired) electrons. The van der Waals surface area contributed by atoms with Gasteiger partial charge in [-0.05, 0) is 99.8 Å². The van der Waals surface area contributed by atoms with Crippen molar-refractivity contribution in [2.75, 3.05) is 36.9 Å². The van der Waals surface area contributed by atoms with Gasteiger partial charge in [-0.2, -0.15) is 0 Å². The molecule has 3 fully saturated rings. The average molecular weight is 675 g/mol. The van der Waals surface area contributed by atoms with E-state index in [1.54, 1.807) is 24.5 Å². The molecule has 50 heavy (non-hydrogen) atoms. The molecule has 12 heteroatoms. The standard InChI is InChI=1S/C38H42N8O4/c39-37-28(20-31(43-44-37)27-4-1-2-7-34(27)47)30-21-29(40-22-41-30)24-14-16-45(17-15-24)25-10-8-23(9-11-25)26-5-3-6-32-36(26)50-19-18-46(32)33-12-13-35(48)42-38(33)49/h1-7,20-25,33,47H,8-19H2,(H2,39,44)(H,42,48,49)/t23?,25?,33-/m0/s1. The molecule has 2 saturated heterocycles. The number of aromatic hydroxyl groups is 1. The van der Waals surface area contributed by atoms with Crippen LogP contribution in [0, 0.1) is 0 Å². The highest BCUT2D eigenvalue weighted by atomic mass is 16.5. The second kappa shape index (κ2) is 13.7. The normalized spacial score (nSPS) is 23.2. The van der Waals surface area contributed by atoms with Crippen LogP contribution in [0.4, 0.5) is 11.5 Å². The van der Waals surface area contributed by atoms with Gasteiger partial charge in [-0.25, -0.2) is 9.97 Å². The number of piperidine rings is 2. The maximum Gasteiger partial charge on any atom is 0.249 e. The van der Waals surface area contributed by atoms with Crippen LogP contribution in [0.25, 0.3) is 22.5 Å². The summed E-state index contributed by atoms with van der Waals surface area (Å²) in [5.41, 5.74) is 12.0. The van der Waals surface area contributed by atoms with Gasteiger partial charge in [0.25, 0.3) is 0 Å². The first-order chi connectivity index (χ1) is 24.4. The van der Waals surface area contributed by atoms with Gasteiger partial charge in [-0.15, -0.1) is 10.2 Å². The van der Waals surface area contributed by atoms with Gasteiger partial charge in [0, 0.05) is 35.2 Å². The predicted molar refractivity (Wildman–Crippen MR) is 189 cm³/mol. The number of carbonyl (C=O) groups is 2. The van der Waals surface area contributed by atoms with Crippen LogP contribution < -0.4 is 20.7 Å². The first-order valence-corrected chi connectivity index (χ1v) is 17.8. The van der Waals surface area contributed by atoms with Gasteiger partial charge >= 0.3 is 0 Å². The topological polar surface area (TPSA) is 160 Å². The Bertz CT molecular complexity index is 1900. The zero-order chi connectivity index (χ0) is 34.2. The van der Waals surface area contributed by atoms with Crippen LogP contribution in [0.1, 0.15) is 74.5 Å². The van der Waals surface area contributed by atoms with E-state index in [4.69, 9.17) is 10.5 Å². The Morgan fingerprint density at radius 1 is 0.820 bits per heavy atom. The fraction of sp³-hybridized carbons (Fsp3) is 0.421. The lowest BCUT2D eigenvalue weighted by Crippen LogP contribution is -2.54. The summed E-state index contributed by atoms with van der Waals surface area (Å²) < 4.78 is 6.27. The van der Waals surface area contributed by atoms with Gasteiger partial charge in [0.15, 0.2) is 5.82 Å². The van der Waals surface area contributed by atoms with Crippen LogP contribution in [0.5, 0.6) is 11.5 Å². The van der Waals surface area contributed by atoms with E-state index in [1.165, 1.54) is 5.56 Å². The molecule has 5 heterocycles. The van der Waals surface area contributed by atoms with Crippen LogP contribution >= 0.6 is 0 Å². The van der Waals surface area contributed by atoms with Gasteiger partial charge < -0.3 is 25.4 Å². The number of carbonyl (C=O) groups excluding carboxylic acids is 2. The number of nitrogens with two attached hydrogens (primary N) is 1. The Kier molecular flexibility index (Phi) is 8.78. The molecule has 258 valence electrons. The number of nitrogens with one attached hydrogen (secondary N) is 1. The van der Waals surface area contributed by atoms with Crippen molar-refractivity contribution < 1.29 is 19.4 Å². The molecule has 0 spiro atoms. The Balaban J connectivity index is 0.897. The SMILES string of the molecule is Nc1nnc(-c2ccccc2O)cc1-c1cc(C2CCN(C3CCC(c4cccc5c4OCCN5[C@H]4CCC(=O)NC4=O)CC3)CC2)ncn1. The lowest BCUT2D eigenvalue weighted by atomic mass is 9.79. The summed E-state index contributed by atoms with van der Waals surface area (Å²) in [6.07, 6.45) is 9.04. The van der Waals surface area contributed by atoms with Crippen molar-refractivity contribution in [2.45, 2.75) is 75.3 Å². The number of nitrogen functional groups attached to an aromatic ring is 1. The van der Waals surface area contributed by atoms with E-state index in [1.807, 2.05) is 18.2 Å². The number of ether oxygens (including phenoxy) is 1. The lowest BCUT2D eigenvalue weighted by Gasteiger charge is -2.42. The molecule has 3 aliphatic heterocycles. The van der Waals surface area contributed by atoms with Crippen molar-refractivity contribution in [1.82, 2.24) is 30.4 Å². The minimum Gasteiger partial charge on any atom is -0.507 e. The van der Waals surface area contributed by atoms with Crippen LogP contribution in [0.3, 0.4) is 0 Å². The maximum atomic E-state index is 12.7. The maximum absolute atomic E-state index is 12.7. The molecule has 2 aromatic heterocycles. The first-order valence-electron chi connectivity index (χ1n) is 17.8. The Morgan fingerprint density at radius 3 is 2.44 bits per heavy atom. The number of fused-ring (bicyclic) bond motifs is 1. The van der Waals surface area contributed by atoms with Crippen LogP contribution in [0.15, 0.2) is 60.9 Å². The molecule has 0 bridgehead atoms. The summed E-state index contributed by atoms with van der Waals surface area (Å²) in [4.78, 5) is 38.5. The zero-order valence-electron chi connectivity index (χ0n) is 28.0. The van der Waals surface area contributed by atoms with Gasteiger partial charge in [0.1, 0.15) is 30.5 Å². The molecule has 0 unspecified atom stereocenters. The molecular formula is C38H42N8O4. The highest BCUT2D eigenvalue weighted by Crippen LogP contribution is 2.45. The number of anilines is 2. The number of imide groups is 1. The molecule has 4 aliphatic rings. The Morgan fingerprint density at radius 2 is 1.64 bits per heavy atom. The van der Waals surface area contributed by atoms with Crippen LogP contribution in [-0.4, -0.2) is 80.3 Å². The number of benzene rings is 2. The van der Waals surface area contributed by atoms with Crippen LogP contribution in [0.2, 0.25) is 0 Å². The number of phenols is 1. The molecular weight excluding hydrogens is 632 g/mol. The zero-order valence-corrected chi connectivity index (χ0v) is 28.0. The first kappa shape index (κ1) is 32.1. The number of likely N-dealkylation sites (tertiary alicyclic amines) is 1. The fourth-order valence-electron chi connectivity index (χ4n) is 8.40. The van der Waals surface area contributed by atoms with Crippen molar-refractivity contribution >= 4 is 23.3 Å². The van der Waals surface area contributed by atoms with Crippen molar-refractivity contribution in [2.24, 2.45) is 0 Å².